The number of fused-ring (bicyclic) bond motifs is 2. The predicted molar refractivity (Wildman–Crippen MR) is 86.9 cm³/mol. The van der Waals surface area contributed by atoms with E-state index in [0.29, 0.717) is 11.8 Å². The predicted octanol–water partition coefficient (Wildman–Crippen LogP) is 4.65. The molecule has 0 saturated heterocycles. The Balaban J connectivity index is 2.07. The molecular weight excluding hydrogens is 352 g/mol. The van der Waals surface area contributed by atoms with E-state index >= 15 is 0 Å². The molecule has 0 fully saturated rings. The third kappa shape index (κ3) is 2.10. The highest BCUT2D eigenvalue weighted by Gasteiger charge is 2.21. The Morgan fingerprint density at radius 3 is 2.76 bits per heavy atom. The maximum absolute atomic E-state index is 6.15. The molecule has 0 radical (unpaired) electrons. The Labute approximate surface area is 135 Å². The van der Waals surface area contributed by atoms with Gasteiger partial charge in [-0.3, -0.25) is 0 Å². The Hall–Kier alpha value is -1.65. The van der Waals surface area contributed by atoms with E-state index in [2.05, 4.69) is 32.2 Å². The van der Waals surface area contributed by atoms with E-state index in [-0.39, 0.29) is 0 Å². The quantitative estimate of drug-likeness (QED) is 0.633. The van der Waals surface area contributed by atoms with Gasteiger partial charge in [0.05, 0.1) is 6.61 Å². The zero-order chi connectivity index (χ0) is 14.4. The van der Waals surface area contributed by atoms with Crippen LogP contribution in [0.2, 0.25) is 5.15 Å². The van der Waals surface area contributed by atoms with Gasteiger partial charge in [-0.05, 0) is 17.7 Å². The van der Waals surface area contributed by atoms with Crippen LogP contribution in [0.3, 0.4) is 0 Å². The molecule has 0 spiro atoms. The molecule has 104 valence electrons. The molecule has 0 amide bonds. The highest BCUT2D eigenvalue weighted by Crippen LogP contribution is 2.41. The van der Waals surface area contributed by atoms with Crippen LogP contribution in [0.4, 0.5) is 0 Å². The van der Waals surface area contributed by atoms with Crippen LogP contribution in [0.15, 0.2) is 40.9 Å². The summed E-state index contributed by atoms with van der Waals surface area (Å²) in [4.78, 5) is 0. The molecule has 3 nitrogen and oxygen atoms in total. The Bertz CT molecular complexity index is 866. The molecule has 1 aliphatic heterocycles. The van der Waals surface area contributed by atoms with Crippen LogP contribution in [0.1, 0.15) is 5.56 Å². The molecule has 0 N–H and O–H groups in total. The van der Waals surface area contributed by atoms with E-state index in [1.165, 1.54) is 5.56 Å². The van der Waals surface area contributed by atoms with Crippen molar-refractivity contribution in [1.29, 1.82) is 0 Å². The molecular formula is C16H10BrClN2O. The minimum Gasteiger partial charge on any atom is -0.492 e. The van der Waals surface area contributed by atoms with Crippen LogP contribution in [0.25, 0.3) is 22.0 Å². The van der Waals surface area contributed by atoms with Gasteiger partial charge in [-0.1, -0.05) is 51.8 Å². The highest BCUT2D eigenvalue weighted by atomic mass is 79.9. The molecule has 0 atom stereocenters. The third-order valence-electron chi connectivity index (χ3n) is 3.65. The van der Waals surface area contributed by atoms with Crippen molar-refractivity contribution in [1.82, 2.24) is 10.2 Å². The van der Waals surface area contributed by atoms with Gasteiger partial charge in [0.2, 0.25) is 0 Å². The minimum absolute atomic E-state index is 0.418. The van der Waals surface area contributed by atoms with Gasteiger partial charge < -0.3 is 4.74 Å². The van der Waals surface area contributed by atoms with E-state index in [9.17, 15) is 0 Å². The molecule has 0 bridgehead atoms. The summed E-state index contributed by atoms with van der Waals surface area (Å²) in [7, 11) is 0. The lowest BCUT2D eigenvalue weighted by Crippen LogP contribution is -1.94. The molecule has 2 heterocycles. The van der Waals surface area contributed by atoms with Gasteiger partial charge in [0.1, 0.15) is 11.4 Å². The number of aromatic nitrogens is 2. The molecule has 5 heteroatoms. The Morgan fingerprint density at radius 1 is 1.10 bits per heavy atom. The number of ether oxygens (including phenoxy) is 1. The summed E-state index contributed by atoms with van der Waals surface area (Å²) in [5.41, 5.74) is 2.95. The standard InChI is InChI=1S/C16H10BrClN2O/c17-10-7-9-5-6-21-15(9)13(8-10)14-11-3-1-2-4-12(11)16(18)20-19-14/h1-4,7-8H,5-6H2. The van der Waals surface area contributed by atoms with Crippen LogP contribution in [-0.4, -0.2) is 16.8 Å². The smallest absolute Gasteiger partial charge is 0.159 e. The first kappa shape index (κ1) is 13.0. The summed E-state index contributed by atoms with van der Waals surface area (Å²) >= 11 is 9.71. The van der Waals surface area contributed by atoms with Gasteiger partial charge in [0, 0.05) is 27.2 Å². The van der Waals surface area contributed by atoms with Crippen molar-refractivity contribution >= 4 is 38.3 Å². The fourth-order valence-corrected chi connectivity index (χ4v) is 3.42. The van der Waals surface area contributed by atoms with E-state index in [0.717, 1.165) is 38.7 Å². The first-order valence-corrected chi connectivity index (χ1v) is 7.77. The van der Waals surface area contributed by atoms with Gasteiger partial charge in [-0.15, -0.1) is 10.2 Å². The lowest BCUT2D eigenvalue weighted by Gasteiger charge is -2.11. The fourth-order valence-electron chi connectivity index (χ4n) is 2.72. The normalized spacial score (nSPS) is 13.2. The summed E-state index contributed by atoms with van der Waals surface area (Å²) < 4.78 is 6.81. The van der Waals surface area contributed by atoms with E-state index < -0.39 is 0 Å². The number of nitrogens with zero attached hydrogens (tertiary/aromatic N) is 2. The summed E-state index contributed by atoms with van der Waals surface area (Å²) in [5.74, 6) is 0.903. The number of hydrogen-bond acceptors (Lipinski definition) is 3. The third-order valence-corrected chi connectivity index (χ3v) is 4.38. The maximum atomic E-state index is 6.15. The van der Waals surface area contributed by atoms with Gasteiger partial charge >= 0.3 is 0 Å². The average Bonchev–Trinajstić information content (AvgIpc) is 2.95. The first-order chi connectivity index (χ1) is 10.2. The summed E-state index contributed by atoms with van der Waals surface area (Å²) in [6.07, 6.45) is 0.917. The van der Waals surface area contributed by atoms with Crippen molar-refractivity contribution in [2.45, 2.75) is 6.42 Å². The molecule has 1 aliphatic rings. The van der Waals surface area contributed by atoms with Gasteiger partial charge in [-0.2, -0.15) is 0 Å². The van der Waals surface area contributed by atoms with Crippen LogP contribution >= 0.6 is 27.5 Å². The van der Waals surface area contributed by atoms with Crippen LogP contribution in [0, 0.1) is 0 Å². The maximum Gasteiger partial charge on any atom is 0.159 e. The van der Waals surface area contributed by atoms with Crippen LogP contribution < -0.4 is 4.74 Å². The summed E-state index contributed by atoms with van der Waals surface area (Å²) in [6, 6.07) is 12.0. The molecule has 0 aliphatic carbocycles. The Kier molecular flexibility index (Phi) is 3.08. The lowest BCUT2D eigenvalue weighted by molar-refractivity contribution is 0.358. The van der Waals surface area contributed by atoms with Crippen LogP contribution in [0.5, 0.6) is 5.75 Å². The van der Waals surface area contributed by atoms with Crippen molar-refractivity contribution in [3.63, 3.8) is 0 Å². The van der Waals surface area contributed by atoms with E-state index in [4.69, 9.17) is 16.3 Å². The number of benzene rings is 2. The average molecular weight is 362 g/mol. The molecule has 2 aromatic carbocycles. The summed E-state index contributed by atoms with van der Waals surface area (Å²) in [6.45, 7) is 0.706. The largest absolute Gasteiger partial charge is 0.492 e. The van der Waals surface area contributed by atoms with Crippen LogP contribution in [-0.2, 0) is 6.42 Å². The van der Waals surface area contributed by atoms with Crippen molar-refractivity contribution in [3.8, 4) is 17.0 Å². The second kappa shape index (κ2) is 4.97. The second-order valence-electron chi connectivity index (χ2n) is 4.93. The number of halogens is 2. The topological polar surface area (TPSA) is 35.0 Å². The first-order valence-electron chi connectivity index (χ1n) is 6.60. The highest BCUT2D eigenvalue weighted by molar-refractivity contribution is 9.10. The minimum atomic E-state index is 0.418. The SMILES string of the molecule is Clc1nnc(-c2cc(Br)cc3c2OCC3)c2ccccc12. The zero-order valence-corrected chi connectivity index (χ0v) is 13.3. The molecule has 21 heavy (non-hydrogen) atoms. The zero-order valence-electron chi connectivity index (χ0n) is 10.9. The summed E-state index contributed by atoms with van der Waals surface area (Å²) in [5, 5.41) is 10.7. The number of hydrogen-bond donors (Lipinski definition) is 0. The molecule has 4 rings (SSSR count). The molecule has 0 unspecified atom stereocenters. The van der Waals surface area contributed by atoms with Crippen molar-refractivity contribution < 1.29 is 4.74 Å². The second-order valence-corrected chi connectivity index (χ2v) is 6.20. The number of rotatable bonds is 1. The van der Waals surface area contributed by atoms with Crippen molar-refractivity contribution in [3.05, 3.63) is 51.6 Å². The molecule has 3 aromatic rings. The lowest BCUT2D eigenvalue weighted by atomic mass is 10.0. The van der Waals surface area contributed by atoms with E-state index in [1.54, 1.807) is 0 Å². The van der Waals surface area contributed by atoms with Crippen molar-refractivity contribution in [2.75, 3.05) is 6.61 Å². The monoisotopic (exact) mass is 360 g/mol. The van der Waals surface area contributed by atoms with Gasteiger partial charge in [0.25, 0.3) is 0 Å². The molecule has 0 saturated carbocycles. The fraction of sp³-hybridized carbons (Fsp3) is 0.125. The molecule has 1 aromatic heterocycles. The van der Waals surface area contributed by atoms with Crippen molar-refractivity contribution in [2.24, 2.45) is 0 Å². The van der Waals surface area contributed by atoms with Gasteiger partial charge in [0.15, 0.2) is 5.15 Å². The van der Waals surface area contributed by atoms with E-state index in [1.807, 2.05) is 30.3 Å². The Morgan fingerprint density at radius 2 is 1.90 bits per heavy atom. The van der Waals surface area contributed by atoms with Gasteiger partial charge in [-0.25, -0.2) is 0 Å².